The van der Waals surface area contributed by atoms with Gasteiger partial charge in [-0.15, -0.1) is 0 Å². The number of carbonyl (C=O) groups is 1. The summed E-state index contributed by atoms with van der Waals surface area (Å²) in [4.78, 5) is 22.2. The highest BCUT2D eigenvalue weighted by Crippen LogP contribution is 2.31. The lowest BCUT2D eigenvalue weighted by Gasteiger charge is -2.35. The summed E-state index contributed by atoms with van der Waals surface area (Å²) in [5.74, 6) is 1.29. The molecule has 1 atom stereocenters. The van der Waals surface area contributed by atoms with Crippen LogP contribution in [0.15, 0.2) is 10.8 Å². The molecule has 0 spiro atoms. The van der Waals surface area contributed by atoms with Gasteiger partial charge < -0.3 is 20.3 Å². The molecule has 1 aromatic rings. The summed E-state index contributed by atoms with van der Waals surface area (Å²) in [5.41, 5.74) is 0. The van der Waals surface area contributed by atoms with E-state index in [0.717, 1.165) is 4.47 Å². The van der Waals surface area contributed by atoms with E-state index >= 15 is 0 Å². The van der Waals surface area contributed by atoms with Crippen LogP contribution in [-0.2, 0) is 9.53 Å². The van der Waals surface area contributed by atoms with Crippen molar-refractivity contribution < 1.29 is 9.53 Å². The SMILES string of the molecule is CNC(=O)C1COCCN1c1ncnc(NC)c1Br. The molecule has 1 amide bonds. The molecule has 1 unspecified atom stereocenters. The van der Waals surface area contributed by atoms with E-state index in [2.05, 4.69) is 36.5 Å². The van der Waals surface area contributed by atoms with Crippen molar-refractivity contribution in [2.45, 2.75) is 6.04 Å². The number of aromatic nitrogens is 2. The largest absolute Gasteiger partial charge is 0.377 e. The summed E-state index contributed by atoms with van der Waals surface area (Å²) < 4.78 is 6.12. The van der Waals surface area contributed by atoms with Gasteiger partial charge in [-0.2, -0.15) is 0 Å². The molecular weight excluding hydrogens is 314 g/mol. The van der Waals surface area contributed by atoms with Gasteiger partial charge in [0, 0.05) is 20.6 Å². The minimum absolute atomic E-state index is 0.0868. The molecule has 0 aromatic carbocycles. The Hall–Kier alpha value is -1.41. The maximum atomic E-state index is 11.9. The standard InChI is InChI=1S/C11H16BrN5O2/c1-13-9-8(12)10(16-6-15-9)17-3-4-19-5-7(17)11(18)14-2/h6-7H,3-5H2,1-2H3,(H,14,18)(H,13,15,16). The van der Waals surface area contributed by atoms with Crippen LogP contribution in [0, 0.1) is 0 Å². The van der Waals surface area contributed by atoms with Crippen molar-refractivity contribution in [2.24, 2.45) is 0 Å². The molecule has 7 nitrogen and oxygen atoms in total. The van der Waals surface area contributed by atoms with E-state index in [-0.39, 0.29) is 11.9 Å². The Bertz CT molecular complexity index is 470. The summed E-state index contributed by atoms with van der Waals surface area (Å²) in [6.45, 7) is 1.53. The fraction of sp³-hybridized carbons (Fsp3) is 0.545. The molecule has 1 aliphatic heterocycles. The normalized spacial score (nSPS) is 19.1. The molecule has 1 fully saturated rings. The van der Waals surface area contributed by atoms with Gasteiger partial charge in [-0.3, -0.25) is 4.79 Å². The first-order chi connectivity index (χ1) is 9.19. The Balaban J connectivity index is 2.35. The number of anilines is 2. The minimum atomic E-state index is -0.380. The van der Waals surface area contributed by atoms with Crippen molar-refractivity contribution in [3.8, 4) is 0 Å². The van der Waals surface area contributed by atoms with Gasteiger partial charge in [0.25, 0.3) is 0 Å². The van der Waals surface area contributed by atoms with Crippen LogP contribution in [0.5, 0.6) is 0 Å². The highest BCUT2D eigenvalue weighted by atomic mass is 79.9. The average molecular weight is 330 g/mol. The van der Waals surface area contributed by atoms with Gasteiger partial charge in [0.2, 0.25) is 5.91 Å². The van der Waals surface area contributed by atoms with Crippen molar-refractivity contribution in [2.75, 3.05) is 44.1 Å². The molecular formula is C11H16BrN5O2. The number of ether oxygens (including phenoxy) is 1. The highest BCUT2D eigenvalue weighted by molar-refractivity contribution is 9.10. The third-order valence-corrected chi connectivity index (χ3v) is 3.69. The van der Waals surface area contributed by atoms with E-state index in [9.17, 15) is 4.79 Å². The van der Waals surface area contributed by atoms with Crippen LogP contribution in [0.4, 0.5) is 11.6 Å². The van der Waals surface area contributed by atoms with E-state index in [0.29, 0.717) is 31.4 Å². The Labute approximate surface area is 119 Å². The van der Waals surface area contributed by atoms with E-state index in [1.165, 1.54) is 6.33 Å². The minimum Gasteiger partial charge on any atom is -0.377 e. The molecule has 0 aliphatic carbocycles. The van der Waals surface area contributed by atoms with Gasteiger partial charge in [-0.05, 0) is 15.9 Å². The summed E-state index contributed by atoms with van der Waals surface area (Å²) >= 11 is 3.47. The number of nitrogens with zero attached hydrogens (tertiary/aromatic N) is 3. The van der Waals surface area contributed by atoms with Crippen molar-refractivity contribution in [1.29, 1.82) is 0 Å². The Morgan fingerprint density at radius 2 is 2.32 bits per heavy atom. The number of morpholine rings is 1. The average Bonchev–Trinajstić information content (AvgIpc) is 2.47. The highest BCUT2D eigenvalue weighted by Gasteiger charge is 2.31. The molecule has 1 saturated heterocycles. The van der Waals surface area contributed by atoms with Crippen LogP contribution in [0.2, 0.25) is 0 Å². The molecule has 1 aromatic heterocycles. The summed E-state index contributed by atoms with van der Waals surface area (Å²) in [6, 6.07) is -0.380. The first-order valence-electron chi connectivity index (χ1n) is 5.93. The predicted octanol–water partition coefficient (Wildman–Crippen LogP) is 0.232. The van der Waals surface area contributed by atoms with Crippen LogP contribution in [0.25, 0.3) is 0 Å². The lowest BCUT2D eigenvalue weighted by atomic mass is 10.2. The van der Waals surface area contributed by atoms with E-state index in [1.54, 1.807) is 14.1 Å². The number of carbonyl (C=O) groups excluding carboxylic acids is 1. The van der Waals surface area contributed by atoms with Crippen molar-refractivity contribution in [1.82, 2.24) is 15.3 Å². The zero-order valence-corrected chi connectivity index (χ0v) is 12.4. The number of rotatable bonds is 3. The first kappa shape index (κ1) is 14.0. The Morgan fingerprint density at radius 3 is 3.00 bits per heavy atom. The molecule has 0 bridgehead atoms. The molecule has 2 rings (SSSR count). The van der Waals surface area contributed by atoms with Gasteiger partial charge in [-0.1, -0.05) is 0 Å². The third-order valence-electron chi connectivity index (χ3n) is 2.96. The van der Waals surface area contributed by atoms with E-state index < -0.39 is 0 Å². The fourth-order valence-corrected chi connectivity index (χ4v) is 2.61. The number of amides is 1. The second-order valence-corrected chi connectivity index (χ2v) is 4.80. The number of hydrogen-bond acceptors (Lipinski definition) is 6. The second kappa shape index (κ2) is 6.16. The maximum absolute atomic E-state index is 11.9. The van der Waals surface area contributed by atoms with Crippen LogP contribution in [-0.4, -0.2) is 55.8 Å². The summed E-state index contributed by atoms with van der Waals surface area (Å²) in [7, 11) is 3.40. The monoisotopic (exact) mass is 329 g/mol. The number of halogens is 1. The van der Waals surface area contributed by atoms with Crippen molar-refractivity contribution >= 4 is 33.5 Å². The van der Waals surface area contributed by atoms with E-state index in [1.807, 2.05) is 4.90 Å². The van der Waals surface area contributed by atoms with Gasteiger partial charge in [0.15, 0.2) is 0 Å². The molecule has 0 radical (unpaired) electrons. The Morgan fingerprint density at radius 1 is 1.53 bits per heavy atom. The summed E-state index contributed by atoms with van der Waals surface area (Å²) in [5, 5.41) is 5.62. The molecule has 2 N–H and O–H groups in total. The second-order valence-electron chi connectivity index (χ2n) is 4.01. The zero-order chi connectivity index (χ0) is 13.8. The Kier molecular flexibility index (Phi) is 4.54. The summed E-state index contributed by atoms with van der Waals surface area (Å²) in [6.07, 6.45) is 1.47. The number of nitrogens with one attached hydrogen (secondary N) is 2. The lowest BCUT2D eigenvalue weighted by Crippen LogP contribution is -2.53. The molecule has 0 saturated carbocycles. The quantitative estimate of drug-likeness (QED) is 0.826. The molecule has 8 heteroatoms. The molecule has 104 valence electrons. The number of likely N-dealkylation sites (N-methyl/N-ethyl adjacent to an activating group) is 1. The predicted molar refractivity (Wildman–Crippen MR) is 75.3 cm³/mol. The van der Waals surface area contributed by atoms with E-state index in [4.69, 9.17) is 4.74 Å². The molecule has 19 heavy (non-hydrogen) atoms. The van der Waals surface area contributed by atoms with Crippen LogP contribution in [0.1, 0.15) is 0 Å². The lowest BCUT2D eigenvalue weighted by molar-refractivity contribution is -0.124. The van der Waals surface area contributed by atoms with Crippen molar-refractivity contribution in [3.63, 3.8) is 0 Å². The molecule has 2 heterocycles. The smallest absolute Gasteiger partial charge is 0.244 e. The third kappa shape index (κ3) is 2.79. The van der Waals surface area contributed by atoms with Gasteiger partial charge in [0.05, 0.1) is 13.2 Å². The number of hydrogen-bond donors (Lipinski definition) is 2. The fourth-order valence-electron chi connectivity index (χ4n) is 1.98. The zero-order valence-electron chi connectivity index (χ0n) is 10.8. The van der Waals surface area contributed by atoms with Crippen LogP contribution < -0.4 is 15.5 Å². The van der Waals surface area contributed by atoms with Gasteiger partial charge in [0.1, 0.15) is 28.5 Å². The van der Waals surface area contributed by atoms with Gasteiger partial charge >= 0.3 is 0 Å². The maximum Gasteiger partial charge on any atom is 0.244 e. The van der Waals surface area contributed by atoms with Crippen LogP contribution in [0.3, 0.4) is 0 Å². The topological polar surface area (TPSA) is 79.4 Å². The van der Waals surface area contributed by atoms with Crippen molar-refractivity contribution in [3.05, 3.63) is 10.8 Å². The van der Waals surface area contributed by atoms with Gasteiger partial charge in [-0.25, -0.2) is 9.97 Å². The molecule has 1 aliphatic rings. The van der Waals surface area contributed by atoms with Crippen LogP contribution >= 0.6 is 15.9 Å². The first-order valence-corrected chi connectivity index (χ1v) is 6.72.